The largest absolute Gasteiger partial charge is 0.394 e. The third-order valence-electron chi connectivity index (χ3n) is 10.8. The number of amides is 1. The summed E-state index contributed by atoms with van der Waals surface area (Å²) in [5.74, 6) is -0.297. The summed E-state index contributed by atoms with van der Waals surface area (Å²) in [7, 11) is 0. The van der Waals surface area contributed by atoms with E-state index < -0.39 is 18.2 Å². The van der Waals surface area contributed by atoms with E-state index in [1.165, 1.54) is 186 Å². The Balaban J connectivity index is 3.53. The number of allylic oxidation sites excluding steroid dienone is 2. The van der Waals surface area contributed by atoms with Crippen molar-refractivity contribution in [2.75, 3.05) is 6.61 Å². The molecule has 5 heteroatoms. The highest BCUT2D eigenvalue weighted by atomic mass is 16.3. The lowest BCUT2D eigenvalue weighted by Crippen LogP contribution is -2.46. The van der Waals surface area contributed by atoms with Crippen LogP contribution in [0.1, 0.15) is 251 Å². The fourth-order valence-corrected chi connectivity index (χ4v) is 7.29. The highest BCUT2D eigenvalue weighted by Crippen LogP contribution is 2.17. The summed E-state index contributed by atoms with van der Waals surface area (Å²) in [5.41, 5.74) is 0. The van der Waals surface area contributed by atoms with E-state index in [1.54, 1.807) is 0 Å². The molecular weight excluding hydrogens is 631 g/mol. The van der Waals surface area contributed by atoms with Gasteiger partial charge in [-0.3, -0.25) is 4.79 Å². The Bertz CT molecular complexity index is 713. The molecule has 0 aliphatic rings. The molecule has 0 saturated carbocycles. The van der Waals surface area contributed by atoms with Crippen molar-refractivity contribution in [3.05, 3.63) is 12.2 Å². The van der Waals surface area contributed by atoms with Crippen LogP contribution >= 0.6 is 0 Å². The van der Waals surface area contributed by atoms with Crippen molar-refractivity contribution in [2.45, 2.75) is 270 Å². The third-order valence-corrected chi connectivity index (χ3v) is 10.8. The van der Waals surface area contributed by atoms with Crippen LogP contribution in [0.4, 0.5) is 0 Å². The van der Waals surface area contributed by atoms with E-state index in [9.17, 15) is 20.1 Å². The van der Waals surface area contributed by atoms with E-state index in [-0.39, 0.29) is 18.9 Å². The Morgan fingerprint density at radius 2 is 0.804 bits per heavy atom. The predicted molar refractivity (Wildman–Crippen MR) is 222 cm³/mol. The van der Waals surface area contributed by atoms with Crippen LogP contribution in [-0.4, -0.2) is 46.1 Å². The van der Waals surface area contributed by atoms with Crippen molar-refractivity contribution in [1.29, 1.82) is 0 Å². The van der Waals surface area contributed by atoms with Gasteiger partial charge in [0.1, 0.15) is 0 Å². The number of nitrogens with one attached hydrogen (secondary N) is 1. The maximum atomic E-state index is 12.4. The minimum Gasteiger partial charge on any atom is -0.394 e. The van der Waals surface area contributed by atoms with Gasteiger partial charge in [-0.2, -0.15) is 0 Å². The number of unbranched alkanes of at least 4 members (excludes halogenated alkanes) is 31. The van der Waals surface area contributed by atoms with Gasteiger partial charge in [-0.15, -0.1) is 0 Å². The third kappa shape index (κ3) is 38.6. The van der Waals surface area contributed by atoms with E-state index >= 15 is 0 Å². The molecule has 0 fully saturated rings. The van der Waals surface area contributed by atoms with Crippen molar-refractivity contribution >= 4 is 5.91 Å². The molecule has 0 aromatic carbocycles. The minimum absolute atomic E-state index is 0.0181. The molecule has 0 rings (SSSR count). The van der Waals surface area contributed by atoms with Crippen LogP contribution in [0, 0.1) is 0 Å². The molecule has 0 aromatic heterocycles. The Kier molecular flexibility index (Phi) is 41.1. The van der Waals surface area contributed by atoms with Gasteiger partial charge in [-0.05, 0) is 38.5 Å². The Hall–Kier alpha value is -0.910. The topological polar surface area (TPSA) is 89.8 Å². The lowest BCUT2D eigenvalue weighted by molar-refractivity contribution is -0.125. The number of carbonyl (C=O) groups excluding carboxylic acids is 1. The molecule has 0 aliphatic heterocycles. The first-order valence-electron chi connectivity index (χ1n) is 23.0. The molecule has 0 radical (unpaired) electrons. The van der Waals surface area contributed by atoms with Gasteiger partial charge in [0.05, 0.1) is 31.3 Å². The summed E-state index contributed by atoms with van der Waals surface area (Å²) >= 11 is 0. The van der Waals surface area contributed by atoms with E-state index in [2.05, 4.69) is 31.3 Å². The molecular formula is C46H91NO4. The average molecular weight is 722 g/mol. The Labute approximate surface area is 319 Å². The van der Waals surface area contributed by atoms with Crippen molar-refractivity contribution in [1.82, 2.24) is 5.32 Å². The van der Waals surface area contributed by atoms with Crippen LogP contribution in [0.15, 0.2) is 12.2 Å². The van der Waals surface area contributed by atoms with Gasteiger partial charge in [0, 0.05) is 0 Å². The van der Waals surface area contributed by atoms with Gasteiger partial charge in [-0.25, -0.2) is 0 Å². The average Bonchev–Trinajstić information content (AvgIpc) is 3.12. The molecule has 0 saturated heterocycles. The maximum Gasteiger partial charge on any atom is 0.222 e. The van der Waals surface area contributed by atoms with Crippen LogP contribution in [0.25, 0.3) is 0 Å². The fourth-order valence-electron chi connectivity index (χ4n) is 7.29. The van der Waals surface area contributed by atoms with Crippen LogP contribution in [0.5, 0.6) is 0 Å². The van der Waals surface area contributed by atoms with E-state index in [0.29, 0.717) is 12.8 Å². The molecule has 0 spiro atoms. The molecule has 0 aliphatic carbocycles. The van der Waals surface area contributed by atoms with Crippen molar-refractivity contribution in [3.8, 4) is 0 Å². The van der Waals surface area contributed by atoms with Gasteiger partial charge < -0.3 is 20.6 Å². The van der Waals surface area contributed by atoms with Crippen LogP contribution < -0.4 is 5.32 Å². The number of aliphatic hydroxyl groups excluding tert-OH is 3. The Morgan fingerprint density at radius 3 is 1.18 bits per heavy atom. The normalized spacial score (nSPS) is 13.6. The highest BCUT2D eigenvalue weighted by molar-refractivity contribution is 5.76. The van der Waals surface area contributed by atoms with Gasteiger partial charge in [0.15, 0.2) is 0 Å². The molecule has 304 valence electrons. The van der Waals surface area contributed by atoms with Gasteiger partial charge >= 0.3 is 0 Å². The summed E-state index contributed by atoms with van der Waals surface area (Å²) < 4.78 is 0. The van der Waals surface area contributed by atoms with E-state index in [4.69, 9.17) is 0 Å². The summed E-state index contributed by atoms with van der Waals surface area (Å²) in [5, 5.41) is 33.3. The number of aliphatic hydroxyl groups is 3. The lowest BCUT2D eigenvalue weighted by atomic mass is 10.0. The maximum absolute atomic E-state index is 12.4. The van der Waals surface area contributed by atoms with Crippen molar-refractivity contribution < 1.29 is 20.1 Å². The van der Waals surface area contributed by atoms with Gasteiger partial charge in [0.25, 0.3) is 0 Å². The summed E-state index contributed by atoms with van der Waals surface area (Å²) in [4.78, 5) is 12.4. The van der Waals surface area contributed by atoms with Crippen LogP contribution in [-0.2, 0) is 4.79 Å². The number of hydrogen-bond donors (Lipinski definition) is 4. The fraction of sp³-hybridized carbons (Fsp3) is 0.935. The zero-order valence-electron chi connectivity index (χ0n) is 34.5. The van der Waals surface area contributed by atoms with E-state index in [1.807, 2.05) is 0 Å². The molecule has 1 amide bonds. The van der Waals surface area contributed by atoms with E-state index in [0.717, 1.165) is 32.1 Å². The Morgan fingerprint density at radius 1 is 0.471 bits per heavy atom. The summed E-state index contributed by atoms with van der Waals surface area (Å²) in [6.07, 6.45) is 49.1. The van der Waals surface area contributed by atoms with Crippen LogP contribution in [0.3, 0.4) is 0 Å². The molecule has 0 bridgehead atoms. The lowest BCUT2D eigenvalue weighted by Gasteiger charge is -2.23. The van der Waals surface area contributed by atoms with Gasteiger partial charge in [-0.1, -0.05) is 219 Å². The minimum atomic E-state index is -0.752. The molecule has 3 atom stereocenters. The van der Waals surface area contributed by atoms with Gasteiger partial charge in [0.2, 0.25) is 5.91 Å². The second kappa shape index (κ2) is 41.8. The second-order valence-electron chi connectivity index (χ2n) is 16.0. The first-order valence-corrected chi connectivity index (χ1v) is 23.0. The zero-order valence-corrected chi connectivity index (χ0v) is 34.5. The smallest absolute Gasteiger partial charge is 0.222 e. The molecule has 4 N–H and O–H groups in total. The standard InChI is InChI=1S/C46H91NO4/c1-3-5-7-9-11-13-15-16-17-18-19-20-21-22-23-24-25-26-27-28-30-32-34-36-38-40-45(50)44(42-48)47-46(51)41-43(49)39-37-35-33-31-29-14-12-10-8-6-4-2/h31,33,43-45,48-50H,3-30,32,34-42H2,1-2H3,(H,47,51)/b33-31-. The summed E-state index contributed by atoms with van der Waals surface area (Å²) in [6.45, 7) is 4.25. The molecule has 3 unspecified atom stereocenters. The van der Waals surface area contributed by atoms with Crippen molar-refractivity contribution in [2.24, 2.45) is 0 Å². The van der Waals surface area contributed by atoms with Crippen LogP contribution in [0.2, 0.25) is 0 Å². The molecule has 0 aromatic rings. The molecule has 51 heavy (non-hydrogen) atoms. The number of rotatable bonds is 42. The monoisotopic (exact) mass is 722 g/mol. The quantitative estimate of drug-likeness (QED) is 0.0373. The first kappa shape index (κ1) is 50.1. The summed E-state index contributed by atoms with van der Waals surface area (Å²) in [6, 6.07) is -0.663. The molecule has 0 heterocycles. The number of hydrogen-bond acceptors (Lipinski definition) is 4. The molecule has 5 nitrogen and oxygen atoms in total. The first-order chi connectivity index (χ1) is 25.0. The van der Waals surface area contributed by atoms with Crippen molar-refractivity contribution in [3.63, 3.8) is 0 Å². The zero-order chi connectivity index (χ0) is 37.3. The SMILES string of the molecule is CCCCCCCC/C=C\CCCC(O)CC(=O)NC(CO)C(O)CCCCCCCCCCCCCCCCCCCCCCCCCCC. The predicted octanol–water partition coefficient (Wildman–Crippen LogP) is 13.2. The second-order valence-corrected chi connectivity index (χ2v) is 16.0. The highest BCUT2D eigenvalue weighted by Gasteiger charge is 2.21. The number of carbonyl (C=O) groups is 1.